The van der Waals surface area contributed by atoms with Crippen LogP contribution in [0.3, 0.4) is 0 Å². The Bertz CT molecular complexity index is 2030. The number of carbonyl (C=O) groups excluding carboxylic acids is 1. The first-order valence-corrected chi connectivity index (χ1v) is 21.0. The highest BCUT2D eigenvalue weighted by atomic mass is 16.1. The molecule has 0 saturated carbocycles. The third kappa shape index (κ3) is 10.2. The van der Waals surface area contributed by atoms with Crippen LogP contribution in [0.1, 0.15) is 119 Å². The number of aliphatic imine (C=N–C) groups is 2. The number of hydrogen-bond donors (Lipinski definition) is 2. The van der Waals surface area contributed by atoms with Crippen molar-refractivity contribution in [2.24, 2.45) is 9.98 Å². The Morgan fingerprint density at radius 1 is 0.526 bits per heavy atom. The predicted octanol–water partition coefficient (Wildman–Crippen LogP) is 11.1. The van der Waals surface area contributed by atoms with Crippen molar-refractivity contribution in [3.63, 3.8) is 0 Å². The second kappa shape index (κ2) is 17.9. The molecule has 2 N–H and O–H groups in total. The van der Waals surface area contributed by atoms with Gasteiger partial charge in [-0.3, -0.25) is 14.8 Å². The summed E-state index contributed by atoms with van der Waals surface area (Å²) in [5.74, 6) is 0.0107. The smallest absolute Gasteiger partial charge is 0.224 e. The SMILES string of the molecule is C=C(CC1=C(c2ccc(CC)cc2)C(c2ccc(CC)cc2)=NC1)NC(C)(C)CC(C)(C)NC(=O)CC1=C(c2ccc(CC)cc2)C(c2ccc(CC)cc2)=NC1. The van der Waals surface area contributed by atoms with Gasteiger partial charge in [-0.15, -0.1) is 0 Å². The molecule has 2 aliphatic heterocycles. The van der Waals surface area contributed by atoms with E-state index in [0.29, 0.717) is 32.4 Å². The summed E-state index contributed by atoms with van der Waals surface area (Å²) < 4.78 is 0. The molecular formula is C52H62N4O. The molecule has 2 heterocycles. The minimum absolute atomic E-state index is 0.0107. The van der Waals surface area contributed by atoms with Crippen LogP contribution in [-0.2, 0) is 30.5 Å². The average molecular weight is 759 g/mol. The molecule has 0 saturated heterocycles. The van der Waals surface area contributed by atoms with Gasteiger partial charge in [0.1, 0.15) is 0 Å². The van der Waals surface area contributed by atoms with Crippen LogP contribution in [0.25, 0.3) is 11.1 Å². The summed E-state index contributed by atoms with van der Waals surface area (Å²) in [6.45, 7) is 23.0. The summed E-state index contributed by atoms with van der Waals surface area (Å²) >= 11 is 0. The number of aryl methyl sites for hydroxylation is 4. The largest absolute Gasteiger partial charge is 0.384 e. The molecule has 6 rings (SSSR count). The van der Waals surface area contributed by atoms with Gasteiger partial charge < -0.3 is 10.6 Å². The van der Waals surface area contributed by atoms with Gasteiger partial charge >= 0.3 is 0 Å². The first-order valence-electron chi connectivity index (χ1n) is 21.0. The molecule has 0 unspecified atom stereocenters. The Balaban J connectivity index is 1.15. The van der Waals surface area contributed by atoms with Gasteiger partial charge in [-0.1, -0.05) is 131 Å². The number of carbonyl (C=O) groups is 1. The van der Waals surface area contributed by atoms with E-state index in [1.54, 1.807) is 0 Å². The fourth-order valence-corrected chi connectivity index (χ4v) is 8.64. The van der Waals surface area contributed by atoms with Crippen molar-refractivity contribution in [2.75, 3.05) is 13.1 Å². The Labute approximate surface area is 342 Å². The minimum atomic E-state index is -0.477. The third-order valence-corrected chi connectivity index (χ3v) is 11.3. The van der Waals surface area contributed by atoms with Crippen LogP contribution in [0.5, 0.6) is 0 Å². The van der Waals surface area contributed by atoms with Crippen LogP contribution in [0.15, 0.2) is 130 Å². The van der Waals surface area contributed by atoms with Gasteiger partial charge in [0.25, 0.3) is 0 Å². The molecule has 4 aromatic rings. The van der Waals surface area contributed by atoms with E-state index in [2.05, 4.69) is 170 Å². The van der Waals surface area contributed by atoms with Gasteiger partial charge in [-0.25, -0.2) is 0 Å². The number of rotatable bonds is 17. The number of hydrogen-bond acceptors (Lipinski definition) is 4. The van der Waals surface area contributed by atoms with Gasteiger partial charge in [-0.05, 0) is 104 Å². The van der Waals surface area contributed by atoms with Crippen LogP contribution in [0.4, 0.5) is 0 Å². The van der Waals surface area contributed by atoms with E-state index in [1.807, 2.05) is 0 Å². The lowest BCUT2D eigenvalue weighted by molar-refractivity contribution is -0.122. The van der Waals surface area contributed by atoms with Gasteiger partial charge in [-0.2, -0.15) is 0 Å². The van der Waals surface area contributed by atoms with Crippen LogP contribution < -0.4 is 10.6 Å². The van der Waals surface area contributed by atoms with E-state index in [0.717, 1.165) is 70.6 Å². The Kier molecular flexibility index (Phi) is 13.0. The maximum Gasteiger partial charge on any atom is 0.224 e. The molecule has 2 aliphatic rings. The molecule has 0 aliphatic carbocycles. The number of benzene rings is 4. The number of amides is 1. The summed E-state index contributed by atoms with van der Waals surface area (Å²) in [7, 11) is 0. The molecule has 0 bridgehead atoms. The lowest BCUT2D eigenvalue weighted by Crippen LogP contribution is -2.52. The van der Waals surface area contributed by atoms with Crippen molar-refractivity contribution < 1.29 is 4.79 Å². The van der Waals surface area contributed by atoms with E-state index in [9.17, 15) is 4.79 Å². The molecule has 0 fully saturated rings. The highest BCUT2D eigenvalue weighted by molar-refractivity contribution is 6.34. The third-order valence-electron chi connectivity index (χ3n) is 11.3. The van der Waals surface area contributed by atoms with E-state index >= 15 is 0 Å². The zero-order valence-electron chi connectivity index (χ0n) is 35.6. The normalized spacial score (nSPS) is 14.5. The Morgan fingerprint density at radius 2 is 0.860 bits per heavy atom. The average Bonchev–Trinajstić information content (AvgIpc) is 3.81. The standard InChI is InChI=1S/C52H62N4O/c1-10-36-14-22-40(23-15-36)47-44(32-53-49(47)42-26-18-38(12-3)19-27-42)30-35(5)55-51(6,7)34-52(8,9)56-46(57)31-45-33-54-50(43-28-20-39(13-4)21-29-43)48(45)41-24-16-37(11-2)17-25-41/h14-29,55H,5,10-13,30-34H2,1-4,6-9H3,(H,56,57). The predicted molar refractivity (Wildman–Crippen MR) is 242 cm³/mol. The van der Waals surface area contributed by atoms with Crippen molar-refractivity contribution >= 4 is 28.5 Å². The molecule has 4 aromatic carbocycles. The molecule has 5 heteroatoms. The van der Waals surface area contributed by atoms with Gasteiger partial charge in [0.2, 0.25) is 5.91 Å². The van der Waals surface area contributed by atoms with Crippen LogP contribution >= 0.6 is 0 Å². The number of allylic oxidation sites excluding steroid dienone is 3. The van der Waals surface area contributed by atoms with Crippen molar-refractivity contribution in [3.8, 4) is 0 Å². The van der Waals surface area contributed by atoms with Crippen molar-refractivity contribution in [1.29, 1.82) is 0 Å². The fraction of sp³-hybridized carbons (Fsp3) is 0.365. The monoisotopic (exact) mass is 758 g/mol. The molecule has 0 atom stereocenters. The topological polar surface area (TPSA) is 65.8 Å². The lowest BCUT2D eigenvalue weighted by Gasteiger charge is -2.37. The van der Waals surface area contributed by atoms with Crippen molar-refractivity contribution in [1.82, 2.24) is 10.6 Å². The maximum absolute atomic E-state index is 13.9. The van der Waals surface area contributed by atoms with Crippen LogP contribution in [0.2, 0.25) is 0 Å². The zero-order chi connectivity index (χ0) is 40.7. The summed E-state index contributed by atoms with van der Waals surface area (Å²) in [4.78, 5) is 24.0. The lowest BCUT2D eigenvalue weighted by atomic mass is 9.85. The first kappa shape index (κ1) is 41.3. The highest BCUT2D eigenvalue weighted by Crippen LogP contribution is 2.35. The quantitative estimate of drug-likeness (QED) is 0.113. The Hall–Kier alpha value is -5.29. The van der Waals surface area contributed by atoms with Gasteiger partial charge in [0.15, 0.2) is 0 Å². The second-order valence-electron chi connectivity index (χ2n) is 17.1. The van der Waals surface area contributed by atoms with Crippen molar-refractivity contribution in [2.45, 2.75) is 111 Å². The van der Waals surface area contributed by atoms with E-state index in [4.69, 9.17) is 9.98 Å². The fourth-order valence-electron chi connectivity index (χ4n) is 8.64. The van der Waals surface area contributed by atoms with E-state index in [-0.39, 0.29) is 11.4 Å². The summed E-state index contributed by atoms with van der Waals surface area (Å²) in [6.07, 6.45) is 5.70. The maximum atomic E-state index is 13.9. The second-order valence-corrected chi connectivity index (χ2v) is 17.1. The molecule has 0 spiro atoms. The molecule has 296 valence electrons. The molecular weight excluding hydrogens is 697 g/mol. The highest BCUT2D eigenvalue weighted by Gasteiger charge is 2.32. The van der Waals surface area contributed by atoms with Gasteiger partial charge in [0.05, 0.1) is 30.9 Å². The zero-order valence-corrected chi connectivity index (χ0v) is 35.6. The minimum Gasteiger partial charge on any atom is -0.384 e. The summed E-state index contributed by atoms with van der Waals surface area (Å²) in [5, 5.41) is 7.15. The molecule has 1 amide bonds. The molecule has 0 radical (unpaired) electrons. The van der Waals surface area contributed by atoms with E-state index in [1.165, 1.54) is 39.0 Å². The number of nitrogens with one attached hydrogen (secondary N) is 2. The molecule has 57 heavy (non-hydrogen) atoms. The summed E-state index contributed by atoms with van der Waals surface area (Å²) in [5.41, 5.74) is 16.6. The Morgan fingerprint density at radius 3 is 1.23 bits per heavy atom. The first-order chi connectivity index (χ1) is 27.3. The number of nitrogens with zero attached hydrogens (tertiary/aromatic N) is 2. The summed E-state index contributed by atoms with van der Waals surface area (Å²) in [6, 6.07) is 35.2. The van der Waals surface area contributed by atoms with Crippen LogP contribution in [0, 0.1) is 0 Å². The van der Waals surface area contributed by atoms with Crippen molar-refractivity contribution in [3.05, 3.63) is 165 Å². The van der Waals surface area contributed by atoms with Gasteiger partial charge in [0, 0.05) is 45.5 Å². The molecule has 0 aromatic heterocycles. The van der Waals surface area contributed by atoms with E-state index < -0.39 is 5.54 Å². The van der Waals surface area contributed by atoms with Crippen LogP contribution in [-0.4, -0.2) is 41.5 Å². The molecule has 5 nitrogen and oxygen atoms in total.